The largest absolute Gasteiger partial charge is 0.549 e. The van der Waals surface area contributed by atoms with E-state index in [2.05, 4.69) is 0 Å². The first kappa shape index (κ1) is 34.9. The van der Waals surface area contributed by atoms with Crippen LogP contribution in [-0.4, -0.2) is 44.5 Å². The van der Waals surface area contributed by atoms with E-state index >= 15 is 0 Å². The van der Waals surface area contributed by atoms with Gasteiger partial charge in [-0.25, -0.2) is 4.79 Å². The predicted octanol–water partition coefficient (Wildman–Crippen LogP) is 7.36. The molecule has 44 heavy (non-hydrogen) atoms. The smallest absolute Gasteiger partial charge is 0.425 e. The summed E-state index contributed by atoms with van der Waals surface area (Å²) >= 11 is 0. The Kier molecular flexibility index (Phi) is 13.5. The molecule has 0 aromatic heterocycles. The summed E-state index contributed by atoms with van der Waals surface area (Å²) in [7, 11) is 1.69. The number of esters is 1. The predicted molar refractivity (Wildman–Crippen MR) is 161 cm³/mol. The molecule has 240 valence electrons. The summed E-state index contributed by atoms with van der Waals surface area (Å²) in [6.07, 6.45) is 3.95. The number of hydrogen-bond donors (Lipinski definition) is 0. The fourth-order valence-electron chi connectivity index (χ4n) is 5.24. The van der Waals surface area contributed by atoms with Gasteiger partial charge >= 0.3 is 12.1 Å². The zero-order valence-electron chi connectivity index (χ0n) is 25.5. The molecule has 0 radical (unpaired) electrons. The molecule has 1 unspecified atom stereocenters. The number of carboxylic acid groups (broad SMARTS) is 1. The van der Waals surface area contributed by atoms with Crippen molar-refractivity contribution in [3.8, 4) is 5.75 Å². The van der Waals surface area contributed by atoms with Crippen LogP contribution < -0.4 is 9.84 Å². The van der Waals surface area contributed by atoms with Gasteiger partial charge in [-0.05, 0) is 73.4 Å². The normalized spacial score (nSPS) is 17.2. The van der Waals surface area contributed by atoms with Gasteiger partial charge in [0.15, 0.2) is 6.10 Å². The van der Waals surface area contributed by atoms with E-state index in [9.17, 15) is 27.9 Å². The summed E-state index contributed by atoms with van der Waals surface area (Å²) in [5.74, 6) is -1.96. The second-order valence-electron chi connectivity index (χ2n) is 11.1. The van der Waals surface area contributed by atoms with E-state index in [1.54, 1.807) is 19.3 Å². The Morgan fingerprint density at radius 3 is 2.23 bits per heavy atom. The summed E-state index contributed by atoms with van der Waals surface area (Å²) in [4.78, 5) is 25.7. The van der Waals surface area contributed by atoms with E-state index in [0.717, 1.165) is 62.0 Å². The fourth-order valence-corrected chi connectivity index (χ4v) is 5.24. The highest BCUT2D eigenvalue weighted by Crippen LogP contribution is 2.39. The van der Waals surface area contributed by atoms with Crippen LogP contribution in [0.4, 0.5) is 13.2 Å². The van der Waals surface area contributed by atoms with E-state index in [-0.39, 0.29) is 30.4 Å². The maximum absolute atomic E-state index is 13.7. The number of carboxylic acids is 1. The molecule has 0 N–H and O–H groups in total. The number of rotatable bonds is 18. The minimum absolute atomic E-state index is 0.0226. The topological polar surface area (TPSA) is 84.9 Å². The van der Waals surface area contributed by atoms with Crippen molar-refractivity contribution in [3.63, 3.8) is 0 Å². The van der Waals surface area contributed by atoms with E-state index in [1.165, 1.54) is 30.3 Å². The molecule has 0 heterocycles. The van der Waals surface area contributed by atoms with Gasteiger partial charge in [-0.1, -0.05) is 81.2 Å². The fraction of sp³-hybridized carbons (Fsp3) is 0.486. The van der Waals surface area contributed by atoms with Crippen molar-refractivity contribution in [1.82, 2.24) is 0 Å². The van der Waals surface area contributed by atoms with Crippen LogP contribution in [0.1, 0.15) is 92.6 Å². The Morgan fingerprint density at radius 1 is 0.932 bits per heavy atom. The zero-order chi connectivity index (χ0) is 32.0. The van der Waals surface area contributed by atoms with Crippen molar-refractivity contribution in [2.75, 3.05) is 20.3 Å². The highest BCUT2D eigenvalue weighted by molar-refractivity contribution is 5.96. The van der Waals surface area contributed by atoms with Gasteiger partial charge in [-0.15, -0.1) is 0 Å². The summed E-state index contributed by atoms with van der Waals surface area (Å²) < 4.78 is 57.0. The lowest BCUT2D eigenvalue weighted by Gasteiger charge is -2.35. The number of carbonyl (C=O) groups is 2. The molecule has 0 saturated heterocycles. The van der Waals surface area contributed by atoms with Crippen molar-refractivity contribution in [3.05, 3.63) is 83.4 Å². The lowest BCUT2D eigenvalue weighted by molar-refractivity contribution is -0.311. The molecule has 0 saturated carbocycles. The number of hydrogen-bond acceptors (Lipinski definition) is 6. The number of carbonyl (C=O) groups excluding carboxylic acids is 2. The second kappa shape index (κ2) is 17.0. The molecule has 3 rings (SSSR count). The minimum atomic E-state index is -4.74. The second-order valence-corrected chi connectivity index (χ2v) is 11.1. The molecule has 0 aliphatic heterocycles. The van der Waals surface area contributed by atoms with Crippen LogP contribution in [0.2, 0.25) is 0 Å². The number of allylic oxidation sites excluding steroid dienone is 3. The molecular formula is C35H42F3O6-. The summed E-state index contributed by atoms with van der Waals surface area (Å²) in [6, 6.07) is 13.2. The van der Waals surface area contributed by atoms with Crippen molar-refractivity contribution < 1.29 is 42.1 Å². The highest BCUT2D eigenvalue weighted by atomic mass is 19.4. The summed E-state index contributed by atoms with van der Waals surface area (Å²) in [6.45, 7) is 3.31. The quantitative estimate of drug-likeness (QED) is 0.129. The van der Waals surface area contributed by atoms with Crippen LogP contribution in [0.25, 0.3) is 5.57 Å². The summed E-state index contributed by atoms with van der Waals surface area (Å²) in [5.41, 5.74) is -0.379. The van der Waals surface area contributed by atoms with Crippen LogP contribution in [0, 0.1) is 0 Å². The van der Waals surface area contributed by atoms with Crippen LogP contribution in [0.3, 0.4) is 0 Å². The van der Waals surface area contributed by atoms with Crippen molar-refractivity contribution in [2.45, 2.75) is 88.8 Å². The molecule has 0 fully saturated rings. The molecule has 9 heteroatoms. The molecular weight excluding hydrogens is 573 g/mol. The highest BCUT2D eigenvalue weighted by Gasteiger charge is 2.43. The molecule has 2 atom stereocenters. The number of aliphatic carboxylic acids is 1. The monoisotopic (exact) mass is 615 g/mol. The van der Waals surface area contributed by atoms with Crippen molar-refractivity contribution in [1.29, 1.82) is 0 Å². The van der Waals surface area contributed by atoms with E-state index in [0.29, 0.717) is 13.0 Å². The van der Waals surface area contributed by atoms with Crippen LogP contribution in [-0.2, 0) is 19.7 Å². The molecule has 2 aromatic rings. The van der Waals surface area contributed by atoms with E-state index in [1.807, 2.05) is 31.2 Å². The Hall–Kier alpha value is -3.59. The maximum Gasteiger partial charge on any atom is 0.425 e. The molecule has 1 aliphatic carbocycles. The zero-order valence-corrected chi connectivity index (χ0v) is 25.5. The Bertz CT molecular complexity index is 1270. The third-order valence-electron chi connectivity index (χ3n) is 7.82. The van der Waals surface area contributed by atoms with Gasteiger partial charge in [0.25, 0.3) is 0 Å². The Balaban J connectivity index is 1.71. The number of halogens is 3. The van der Waals surface area contributed by atoms with Crippen molar-refractivity contribution in [2.24, 2.45) is 0 Å². The third-order valence-corrected chi connectivity index (χ3v) is 7.82. The van der Waals surface area contributed by atoms with Crippen LogP contribution in [0.5, 0.6) is 5.75 Å². The average molecular weight is 616 g/mol. The third kappa shape index (κ3) is 9.71. The number of ether oxygens (including phenoxy) is 3. The number of unbranched alkanes of at least 4 members (excludes halogenated alkanes) is 6. The van der Waals surface area contributed by atoms with Gasteiger partial charge in [0.05, 0.1) is 23.6 Å². The van der Waals surface area contributed by atoms with Gasteiger partial charge in [-0.2, -0.15) is 13.2 Å². The molecule has 0 bridgehead atoms. The molecule has 6 nitrogen and oxygen atoms in total. The van der Waals surface area contributed by atoms with Crippen LogP contribution in [0.15, 0.2) is 66.8 Å². The SMILES string of the molecule is CCCCCCC(OC(=O)c1ccccc1[C@]1(C(=O)[O-])C=CC(c2ccc(OCCCCCCOC)cc2)=CC1)C(F)(F)F. The van der Waals surface area contributed by atoms with Gasteiger partial charge in [-0.3, -0.25) is 0 Å². The van der Waals surface area contributed by atoms with Gasteiger partial charge < -0.3 is 24.1 Å². The van der Waals surface area contributed by atoms with Gasteiger partial charge in [0.2, 0.25) is 0 Å². The lowest BCUT2D eigenvalue weighted by Crippen LogP contribution is -2.46. The van der Waals surface area contributed by atoms with E-state index < -0.39 is 29.6 Å². The first-order valence-electron chi connectivity index (χ1n) is 15.3. The first-order valence-corrected chi connectivity index (χ1v) is 15.3. The van der Waals surface area contributed by atoms with Gasteiger partial charge in [0, 0.05) is 13.7 Å². The Morgan fingerprint density at radius 2 is 1.61 bits per heavy atom. The lowest BCUT2D eigenvalue weighted by atomic mass is 9.72. The standard InChI is InChI=1S/C35H43F3O6/c1-3-4-5-8-15-31(35(36,37)38)44-32(39)29-13-9-10-14-30(29)34(33(40)41)22-20-27(21-23-34)26-16-18-28(19-17-26)43-25-12-7-6-11-24-42-2/h9-10,13-14,16-22,31H,3-8,11-12,15,23-25H2,1-2H3,(H,40,41)/p-1/t31?,34-/m0/s1. The van der Waals surface area contributed by atoms with Gasteiger partial charge in [0.1, 0.15) is 5.75 Å². The first-order chi connectivity index (χ1) is 21.1. The molecule has 0 spiro atoms. The minimum Gasteiger partial charge on any atom is -0.549 e. The van der Waals surface area contributed by atoms with Crippen LogP contribution >= 0.6 is 0 Å². The van der Waals surface area contributed by atoms with E-state index in [4.69, 9.17) is 14.2 Å². The number of alkyl halides is 3. The van der Waals surface area contributed by atoms with Crippen molar-refractivity contribution >= 4 is 17.5 Å². The average Bonchev–Trinajstić information content (AvgIpc) is 3.01. The molecule has 0 amide bonds. The maximum atomic E-state index is 13.7. The summed E-state index contributed by atoms with van der Waals surface area (Å²) in [5, 5.41) is 12.6. The molecule has 2 aromatic carbocycles. The number of methoxy groups -OCH3 is 1. The number of benzene rings is 2. The Labute approximate surface area is 257 Å². The molecule has 1 aliphatic rings.